The van der Waals surface area contributed by atoms with E-state index in [0.717, 1.165) is 77.5 Å². The van der Waals surface area contributed by atoms with Crippen molar-refractivity contribution in [3.63, 3.8) is 0 Å². The Hall–Kier alpha value is -3.19. The summed E-state index contributed by atoms with van der Waals surface area (Å²) in [7, 11) is 4.26. The number of hydrogen-bond acceptors (Lipinski definition) is 5. The molecule has 4 aromatic rings. The van der Waals surface area contributed by atoms with Gasteiger partial charge in [0.25, 0.3) is 5.56 Å². The van der Waals surface area contributed by atoms with E-state index in [9.17, 15) is 4.79 Å². The molecule has 0 atom stereocenters. The molecule has 4 fully saturated rings. The fraction of sp³-hybridized carbons (Fsp3) is 0.444. The van der Waals surface area contributed by atoms with Gasteiger partial charge in [-0.2, -0.15) is 5.10 Å². The van der Waals surface area contributed by atoms with Crippen LogP contribution in [0.5, 0.6) is 0 Å². The van der Waals surface area contributed by atoms with Gasteiger partial charge >= 0.3 is 0 Å². The second-order valence-corrected chi connectivity index (χ2v) is 11.1. The van der Waals surface area contributed by atoms with Gasteiger partial charge < -0.3 is 15.2 Å². The topological polar surface area (TPSA) is 82.0 Å². The van der Waals surface area contributed by atoms with Crippen molar-refractivity contribution in [3.8, 4) is 11.3 Å². The van der Waals surface area contributed by atoms with Gasteiger partial charge in [0.05, 0.1) is 16.9 Å². The summed E-state index contributed by atoms with van der Waals surface area (Å²) in [4.78, 5) is 20.1. The van der Waals surface area contributed by atoms with Crippen LogP contribution in [-0.2, 0) is 5.54 Å². The molecule has 3 heterocycles. The fourth-order valence-electron chi connectivity index (χ4n) is 6.65. The second-order valence-electron chi connectivity index (χ2n) is 11.1. The van der Waals surface area contributed by atoms with Crippen LogP contribution in [-0.4, -0.2) is 44.9 Å². The van der Waals surface area contributed by atoms with Crippen molar-refractivity contribution in [1.29, 1.82) is 0 Å². The molecule has 8 rings (SSSR count). The second kappa shape index (κ2) is 6.92. The third-order valence-corrected chi connectivity index (χ3v) is 8.53. The van der Waals surface area contributed by atoms with Crippen molar-refractivity contribution in [1.82, 2.24) is 24.2 Å². The number of nitrogens with zero attached hydrogens (tertiary/aromatic N) is 5. The van der Waals surface area contributed by atoms with E-state index in [2.05, 4.69) is 40.8 Å². The first-order valence-electron chi connectivity index (χ1n) is 12.4. The van der Waals surface area contributed by atoms with E-state index in [1.54, 1.807) is 6.20 Å². The number of hydrogen-bond donors (Lipinski definition) is 1. The first-order chi connectivity index (χ1) is 16.4. The number of pyridine rings is 2. The van der Waals surface area contributed by atoms with Gasteiger partial charge in [0.15, 0.2) is 0 Å². The lowest BCUT2D eigenvalue weighted by Crippen LogP contribution is -2.61. The Morgan fingerprint density at radius 2 is 1.94 bits per heavy atom. The highest BCUT2D eigenvalue weighted by atomic mass is 16.1. The normalized spacial score (nSPS) is 27.6. The minimum absolute atomic E-state index is 0.0713. The Balaban J connectivity index is 1.33. The maximum atomic E-state index is 13.5. The van der Waals surface area contributed by atoms with Crippen molar-refractivity contribution in [2.75, 3.05) is 26.4 Å². The number of nitrogen functional groups attached to an aromatic ring is 1. The molecule has 34 heavy (non-hydrogen) atoms. The molecule has 1 aromatic carbocycles. The van der Waals surface area contributed by atoms with Crippen LogP contribution in [0.25, 0.3) is 32.9 Å². The molecule has 7 nitrogen and oxygen atoms in total. The zero-order valence-electron chi connectivity index (χ0n) is 19.7. The van der Waals surface area contributed by atoms with Gasteiger partial charge in [-0.05, 0) is 81.6 Å². The summed E-state index contributed by atoms with van der Waals surface area (Å²) in [5, 5.41) is 7.68. The monoisotopic (exact) mass is 454 g/mol. The smallest absolute Gasteiger partial charge is 0.258 e. The van der Waals surface area contributed by atoms with Gasteiger partial charge in [-0.1, -0.05) is 12.1 Å². The van der Waals surface area contributed by atoms with Crippen LogP contribution in [0.2, 0.25) is 0 Å². The molecule has 7 heteroatoms. The predicted molar refractivity (Wildman–Crippen MR) is 135 cm³/mol. The summed E-state index contributed by atoms with van der Waals surface area (Å²) >= 11 is 0. The molecule has 2 bridgehead atoms. The zero-order valence-corrected chi connectivity index (χ0v) is 19.7. The van der Waals surface area contributed by atoms with Gasteiger partial charge in [-0.3, -0.25) is 9.48 Å². The molecule has 4 aliphatic rings. The zero-order chi connectivity index (χ0) is 23.2. The quantitative estimate of drug-likeness (QED) is 0.493. The lowest BCUT2D eigenvalue weighted by molar-refractivity contribution is -0.0910. The average Bonchev–Trinajstić information content (AvgIpc) is 3.10. The van der Waals surface area contributed by atoms with E-state index in [-0.39, 0.29) is 11.1 Å². The van der Waals surface area contributed by atoms with Crippen LogP contribution in [0.15, 0.2) is 47.5 Å². The van der Waals surface area contributed by atoms with Crippen molar-refractivity contribution in [3.05, 3.63) is 53.1 Å². The standard InChI is InChI=1S/C27H30N6O/c1-31(2)15-16-9-20(10-16)33-22-5-7-29-25(28)23(22)24(30-33)19-4-3-18-6-8-32(26(34)21(18)11-19)27-12-17(13-27)14-27/h3-8,11,16-17,20H,9-10,12-15H2,1-2H3,(H2,28,29). The van der Waals surface area contributed by atoms with Crippen LogP contribution >= 0.6 is 0 Å². The Bertz CT molecular complexity index is 1490. The number of benzene rings is 1. The van der Waals surface area contributed by atoms with E-state index < -0.39 is 0 Å². The van der Waals surface area contributed by atoms with Gasteiger partial charge in [-0.25, -0.2) is 4.98 Å². The Morgan fingerprint density at radius 1 is 1.15 bits per heavy atom. The molecule has 0 unspecified atom stereocenters. The Labute approximate surface area is 198 Å². The van der Waals surface area contributed by atoms with Crippen LogP contribution in [0.4, 0.5) is 5.82 Å². The highest BCUT2D eigenvalue weighted by Gasteiger charge is 2.58. The molecule has 0 amide bonds. The van der Waals surface area contributed by atoms with Crippen LogP contribution in [0, 0.1) is 11.8 Å². The van der Waals surface area contributed by atoms with Crippen LogP contribution < -0.4 is 11.3 Å². The fourth-order valence-corrected chi connectivity index (χ4v) is 6.65. The van der Waals surface area contributed by atoms with Crippen molar-refractivity contribution in [2.45, 2.75) is 43.7 Å². The molecular formula is C27H30N6O. The maximum Gasteiger partial charge on any atom is 0.258 e. The van der Waals surface area contributed by atoms with E-state index in [4.69, 9.17) is 10.8 Å². The maximum absolute atomic E-state index is 13.5. The molecule has 4 aliphatic carbocycles. The van der Waals surface area contributed by atoms with Gasteiger partial charge in [0, 0.05) is 35.4 Å². The molecular weight excluding hydrogens is 424 g/mol. The predicted octanol–water partition coefficient (Wildman–Crippen LogP) is 4.02. The summed E-state index contributed by atoms with van der Waals surface area (Å²) in [5.41, 5.74) is 9.32. The van der Waals surface area contributed by atoms with Gasteiger partial charge in [-0.15, -0.1) is 0 Å². The number of aromatic nitrogens is 4. The molecule has 3 aromatic heterocycles. The van der Waals surface area contributed by atoms with E-state index in [1.165, 1.54) is 0 Å². The molecule has 4 saturated carbocycles. The molecule has 174 valence electrons. The summed E-state index contributed by atoms with van der Waals surface area (Å²) in [5.74, 6) is 2.00. The summed E-state index contributed by atoms with van der Waals surface area (Å²) < 4.78 is 4.13. The number of fused-ring (bicyclic) bond motifs is 2. The number of rotatable bonds is 5. The minimum atomic E-state index is 0.0713. The van der Waals surface area contributed by atoms with Crippen LogP contribution in [0.1, 0.15) is 38.1 Å². The summed E-state index contributed by atoms with van der Waals surface area (Å²) in [6, 6.07) is 10.6. The largest absolute Gasteiger partial charge is 0.383 e. The lowest BCUT2D eigenvalue weighted by atomic mass is 9.49. The van der Waals surface area contributed by atoms with E-state index >= 15 is 0 Å². The highest BCUT2D eigenvalue weighted by molar-refractivity contribution is 6.01. The summed E-state index contributed by atoms with van der Waals surface area (Å²) in [6.07, 6.45) is 9.41. The SMILES string of the molecule is CN(C)CC1CC(n2nc(-c3ccc4ccn(C56CC(C5)C6)c(=O)c4c3)c3c(N)nccc32)C1. The molecule has 0 radical (unpaired) electrons. The third-order valence-electron chi connectivity index (χ3n) is 8.53. The molecule has 0 spiro atoms. The Kier molecular flexibility index (Phi) is 4.11. The van der Waals surface area contributed by atoms with Crippen molar-refractivity contribution in [2.24, 2.45) is 11.8 Å². The number of nitrogens with two attached hydrogens (primary N) is 1. The van der Waals surface area contributed by atoms with Gasteiger partial charge in [0.2, 0.25) is 0 Å². The van der Waals surface area contributed by atoms with Crippen molar-refractivity contribution < 1.29 is 0 Å². The average molecular weight is 455 g/mol. The minimum Gasteiger partial charge on any atom is -0.383 e. The highest BCUT2D eigenvalue weighted by Crippen LogP contribution is 2.61. The first kappa shape index (κ1) is 20.2. The first-order valence-corrected chi connectivity index (χ1v) is 12.4. The Morgan fingerprint density at radius 3 is 2.65 bits per heavy atom. The van der Waals surface area contributed by atoms with E-state index in [0.29, 0.717) is 17.8 Å². The molecule has 2 N–H and O–H groups in total. The third kappa shape index (κ3) is 2.76. The van der Waals surface area contributed by atoms with Crippen molar-refractivity contribution >= 4 is 27.5 Å². The van der Waals surface area contributed by atoms with E-state index in [1.807, 2.05) is 29.0 Å². The van der Waals surface area contributed by atoms with Crippen LogP contribution in [0.3, 0.4) is 0 Å². The van der Waals surface area contributed by atoms with Gasteiger partial charge in [0.1, 0.15) is 11.5 Å². The number of anilines is 1. The molecule has 0 saturated heterocycles. The molecule has 0 aliphatic heterocycles. The lowest BCUT2D eigenvalue weighted by Gasteiger charge is -2.62. The summed E-state index contributed by atoms with van der Waals surface area (Å²) in [6.45, 7) is 1.10.